The van der Waals surface area contributed by atoms with Crippen molar-refractivity contribution in [2.24, 2.45) is 0 Å². The fraction of sp³-hybridized carbons (Fsp3) is 0.462. The summed E-state index contributed by atoms with van der Waals surface area (Å²) in [6.45, 7) is 4.99. The van der Waals surface area contributed by atoms with Crippen LogP contribution in [0.1, 0.15) is 36.0 Å². The minimum atomic E-state index is -0.928. The van der Waals surface area contributed by atoms with Crippen LogP contribution in [0.15, 0.2) is 54.6 Å². The van der Waals surface area contributed by atoms with Crippen molar-refractivity contribution in [1.82, 2.24) is 4.90 Å². The Morgan fingerprint density at radius 1 is 0.939 bits per heavy atom. The summed E-state index contributed by atoms with van der Waals surface area (Å²) >= 11 is 0. The molecule has 2 fully saturated rings. The number of likely N-dealkylation sites (tertiary alicyclic amines) is 1. The van der Waals surface area contributed by atoms with E-state index >= 15 is 0 Å². The van der Waals surface area contributed by atoms with Crippen molar-refractivity contribution < 1.29 is 19.4 Å². The Hall–Kier alpha value is -2.90. The van der Waals surface area contributed by atoms with Crippen LogP contribution in [0, 0.1) is 0 Å². The highest BCUT2D eigenvalue weighted by Crippen LogP contribution is 2.25. The number of ether oxygens (including phenoxy) is 1. The predicted molar refractivity (Wildman–Crippen MR) is 129 cm³/mol. The summed E-state index contributed by atoms with van der Waals surface area (Å²) in [5.74, 6) is -0.924. The average Bonchev–Trinajstić information content (AvgIpc) is 3.39. The summed E-state index contributed by atoms with van der Waals surface area (Å²) in [6, 6.07) is 17.8. The van der Waals surface area contributed by atoms with E-state index in [1.807, 2.05) is 35.2 Å². The van der Waals surface area contributed by atoms with Gasteiger partial charge in [0.25, 0.3) is 5.91 Å². The molecule has 7 nitrogen and oxygen atoms in total. The van der Waals surface area contributed by atoms with E-state index in [2.05, 4.69) is 34.1 Å². The Kier molecular flexibility index (Phi) is 7.96. The first kappa shape index (κ1) is 23.3. The van der Waals surface area contributed by atoms with E-state index in [1.54, 1.807) is 0 Å². The molecule has 176 valence electrons. The third-order valence-corrected chi connectivity index (χ3v) is 6.52. The summed E-state index contributed by atoms with van der Waals surface area (Å²) in [6.07, 6.45) is 4.09. The first-order valence-electron chi connectivity index (χ1n) is 11.9. The van der Waals surface area contributed by atoms with Gasteiger partial charge in [-0.3, -0.25) is 4.79 Å². The number of nitrogens with zero attached hydrogens (tertiary/aromatic N) is 3. The highest BCUT2D eigenvalue weighted by Gasteiger charge is 2.23. The highest BCUT2D eigenvalue weighted by molar-refractivity contribution is 6.06. The lowest BCUT2D eigenvalue weighted by Crippen LogP contribution is -2.43. The van der Waals surface area contributed by atoms with E-state index in [1.165, 1.54) is 18.5 Å². The van der Waals surface area contributed by atoms with Crippen molar-refractivity contribution >= 4 is 23.3 Å². The van der Waals surface area contributed by atoms with E-state index in [9.17, 15) is 9.59 Å². The van der Waals surface area contributed by atoms with E-state index < -0.39 is 5.97 Å². The number of carboxylic acids is 1. The summed E-state index contributed by atoms with van der Waals surface area (Å²) in [5, 5.41) is 8.80. The smallest absolute Gasteiger partial charge is 0.329 e. The zero-order valence-electron chi connectivity index (χ0n) is 19.1. The molecule has 2 heterocycles. The maximum Gasteiger partial charge on any atom is 0.329 e. The number of anilines is 2. The summed E-state index contributed by atoms with van der Waals surface area (Å²) in [5.41, 5.74) is 2.81. The Balaban J connectivity index is 1.40. The molecule has 4 rings (SSSR count). The topological polar surface area (TPSA) is 73.3 Å². The quantitative estimate of drug-likeness (QED) is 0.629. The molecule has 2 aromatic rings. The molecule has 2 aliphatic heterocycles. The van der Waals surface area contributed by atoms with Gasteiger partial charge in [0.2, 0.25) is 0 Å². The number of amides is 1. The molecule has 2 saturated heterocycles. The van der Waals surface area contributed by atoms with Crippen LogP contribution < -0.4 is 9.80 Å². The summed E-state index contributed by atoms with van der Waals surface area (Å²) in [4.78, 5) is 30.7. The van der Waals surface area contributed by atoms with Crippen molar-refractivity contribution in [2.45, 2.75) is 31.8 Å². The lowest BCUT2D eigenvalue weighted by atomic mass is 10.1. The largest absolute Gasteiger partial charge is 0.480 e. The Labute approximate surface area is 195 Å². The van der Waals surface area contributed by atoms with Gasteiger partial charge in [-0.15, -0.1) is 0 Å². The van der Waals surface area contributed by atoms with E-state index in [0.717, 1.165) is 51.3 Å². The molecule has 1 N–H and O–H groups in total. The molecule has 0 atom stereocenters. The van der Waals surface area contributed by atoms with Gasteiger partial charge >= 0.3 is 5.97 Å². The molecule has 0 spiro atoms. The molecule has 7 heteroatoms. The maximum absolute atomic E-state index is 13.4. The van der Waals surface area contributed by atoms with Gasteiger partial charge in [-0.25, -0.2) is 4.79 Å². The van der Waals surface area contributed by atoms with E-state index in [-0.39, 0.29) is 18.6 Å². The number of rotatable bonds is 9. The van der Waals surface area contributed by atoms with Crippen LogP contribution in [-0.4, -0.2) is 73.9 Å². The zero-order valence-corrected chi connectivity index (χ0v) is 19.1. The van der Waals surface area contributed by atoms with Crippen molar-refractivity contribution in [3.05, 3.63) is 60.2 Å². The predicted octanol–water partition coefficient (Wildman–Crippen LogP) is 3.50. The Morgan fingerprint density at radius 3 is 2.24 bits per heavy atom. The molecule has 0 aliphatic carbocycles. The molecule has 0 bridgehead atoms. The second-order valence-electron chi connectivity index (χ2n) is 8.78. The second kappa shape index (κ2) is 11.3. The van der Waals surface area contributed by atoms with Crippen LogP contribution in [0.3, 0.4) is 0 Å². The third kappa shape index (κ3) is 6.33. The standard InChI is InChI=1S/C26H33N3O4/c30-25(31)20-33-24-12-16-27(17-13-24)18-19-29(26(32)21-6-2-1-3-7-21)23-10-8-22(9-11-23)28-14-4-5-15-28/h1-3,6-11,24H,4-5,12-20H2,(H,30,31). The minimum Gasteiger partial charge on any atom is -0.480 e. The number of carboxylic acid groups (broad SMARTS) is 1. The van der Waals surface area contributed by atoms with Gasteiger partial charge in [-0.05, 0) is 62.1 Å². The van der Waals surface area contributed by atoms with Gasteiger partial charge in [-0.1, -0.05) is 18.2 Å². The van der Waals surface area contributed by atoms with Crippen LogP contribution in [0.5, 0.6) is 0 Å². The maximum atomic E-state index is 13.4. The lowest BCUT2D eigenvalue weighted by molar-refractivity contribution is -0.145. The molecule has 1 amide bonds. The van der Waals surface area contributed by atoms with Crippen LogP contribution in [0.4, 0.5) is 11.4 Å². The molecule has 0 unspecified atom stereocenters. The van der Waals surface area contributed by atoms with Crippen LogP contribution >= 0.6 is 0 Å². The highest BCUT2D eigenvalue weighted by atomic mass is 16.5. The van der Waals surface area contributed by atoms with Crippen LogP contribution in [0.25, 0.3) is 0 Å². The molecule has 0 radical (unpaired) electrons. The second-order valence-corrected chi connectivity index (χ2v) is 8.78. The van der Waals surface area contributed by atoms with Crippen molar-refractivity contribution in [3.63, 3.8) is 0 Å². The van der Waals surface area contributed by atoms with Crippen molar-refractivity contribution in [1.29, 1.82) is 0 Å². The lowest BCUT2D eigenvalue weighted by Gasteiger charge is -2.33. The van der Waals surface area contributed by atoms with E-state index in [4.69, 9.17) is 9.84 Å². The van der Waals surface area contributed by atoms with Gasteiger partial charge in [0.05, 0.1) is 6.10 Å². The number of benzene rings is 2. The normalized spacial score (nSPS) is 17.3. The SMILES string of the molecule is O=C(O)COC1CCN(CCN(C(=O)c2ccccc2)c2ccc(N3CCCC3)cc2)CC1. The number of hydrogen-bond acceptors (Lipinski definition) is 5. The Morgan fingerprint density at radius 2 is 1.61 bits per heavy atom. The monoisotopic (exact) mass is 451 g/mol. The van der Waals surface area contributed by atoms with Gasteiger partial charge in [0.15, 0.2) is 0 Å². The minimum absolute atomic E-state index is 0.00228. The van der Waals surface area contributed by atoms with Crippen molar-refractivity contribution in [3.8, 4) is 0 Å². The summed E-state index contributed by atoms with van der Waals surface area (Å²) < 4.78 is 5.44. The van der Waals surface area contributed by atoms with Crippen LogP contribution in [0.2, 0.25) is 0 Å². The molecule has 33 heavy (non-hydrogen) atoms. The van der Waals surface area contributed by atoms with Gasteiger partial charge in [0.1, 0.15) is 6.61 Å². The molecule has 0 aromatic heterocycles. The molecule has 2 aromatic carbocycles. The van der Waals surface area contributed by atoms with E-state index in [0.29, 0.717) is 12.1 Å². The Bertz CT molecular complexity index is 905. The van der Waals surface area contributed by atoms with Gasteiger partial charge in [0, 0.05) is 56.2 Å². The zero-order chi connectivity index (χ0) is 23.0. The number of carbonyl (C=O) groups excluding carboxylic acids is 1. The van der Waals surface area contributed by atoms with Gasteiger partial charge < -0.3 is 24.5 Å². The first-order chi connectivity index (χ1) is 16.1. The molecule has 0 saturated carbocycles. The summed E-state index contributed by atoms with van der Waals surface area (Å²) in [7, 11) is 0. The third-order valence-electron chi connectivity index (χ3n) is 6.52. The fourth-order valence-corrected chi connectivity index (χ4v) is 4.63. The van der Waals surface area contributed by atoms with Crippen molar-refractivity contribution in [2.75, 3.05) is 55.7 Å². The fourth-order valence-electron chi connectivity index (χ4n) is 4.63. The molecular formula is C26H33N3O4. The number of hydrogen-bond donors (Lipinski definition) is 1. The first-order valence-corrected chi connectivity index (χ1v) is 11.9. The van der Waals surface area contributed by atoms with Gasteiger partial charge in [-0.2, -0.15) is 0 Å². The number of carbonyl (C=O) groups is 2. The molecular weight excluding hydrogens is 418 g/mol. The number of piperidine rings is 1. The number of aliphatic carboxylic acids is 1. The van der Waals surface area contributed by atoms with Crippen LogP contribution in [-0.2, 0) is 9.53 Å². The molecule has 2 aliphatic rings. The average molecular weight is 452 g/mol.